The number of hydrogen-bond donors (Lipinski definition) is 0. The highest BCUT2D eigenvalue weighted by atomic mass is 127. The molecular formula is C14H8F2I2O2. The van der Waals surface area contributed by atoms with Gasteiger partial charge in [0.05, 0.1) is 7.14 Å². The minimum absolute atomic E-state index is 0.0415. The fraction of sp³-hybridized carbons (Fsp3) is 0.0714. The fourth-order valence-electron chi connectivity index (χ4n) is 1.52. The SMILES string of the molecule is CC(=O)c1cc(I)c(Oc2ccc(F)c(F)c2)c(I)c1. The minimum atomic E-state index is -0.965. The zero-order valence-electron chi connectivity index (χ0n) is 10.2. The molecule has 2 nitrogen and oxygen atoms in total. The van der Waals surface area contributed by atoms with Crippen LogP contribution in [0.5, 0.6) is 11.5 Å². The lowest BCUT2D eigenvalue weighted by molar-refractivity contribution is 0.101. The number of hydrogen-bond acceptors (Lipinski definition) is 2. The molecule has 0 saturated heterocycles. The van der Waals surface area contributed by atoms with E-state index in [4.69, 9.17) is 4.74 Å². The molecule has 0 unspecified atom stereocenters. The van der Waals surface area contributed by atoms with Crippen molar-refractivity contribution in [3.05, 3.63) is 54.7 Å². The number of halogens is 4. The van der Waals surface area contributed by atoms with E-state index in [9.17, 15) is 13.6 Å². The quantitative estimate of drug-likeness (QED) is 0.430. The van der Waals surface area contributed by atoms with Crippen molar-refractivity contribution in [3.8, 4) is 11.5 Å². The molecule has 2 aromatic carbocycles. The zero-order valence-corrected chi connectivity index (χ0v) is 14.5. The van der Waals surface area contributed by atoms with Gasteiger partial charge in [-0.3, -0.25) is 4.79 Å². The van der Waals surface area contributed by atoms with Crippen molar-refractivity contribution in [1.29, 1.82) is 0 Å². The van der Waals surface area contributed by atoms with Crippen LogP contribution in [0.4, 0.5) is 8.78 Å². The number of benzene rings is 2. The van der Waals surface area contributed by atoms with E-state index in [1.54, 1.807) is 12.1 Å². The Bertz CT molecular complexity index is 664. The molecule has 0 spiro atoms. The first kappa shape index (κ1) is 15.6. The fourth-order valence-corrected chi connectivity index (χ4v) is 3.51. The largest absolute Gasteiger partial charge is 0.455 e. The van der Waals surface area contributed by atoms with E-state index in [2.05, 4.69) is 0 Å². The Hall–Kier alpha value is -0.770. The number of ether oxygens (including phenoxy) is 1. The van der Waals surface area contributed by atoms with Crippen molar-refractivity contribution < 1.29 is 18.3 Å². The van der Waals surface area contributed by atoms with Crippen molar-refractivity contribution in [1.82, 2.24) is 0 Å². The Kier molecular flexibility index (Phi) is 4.95. The normalized spacial score (nSPS) is 10.4. The molecule has 0 aliphatic carbocycles. The summed E-state index contributed by atoms with van der Waals surface area (Å²) < 4.78 is 33.0. The Labute approximate surface area is 141 Å². The van der Waals surface area contributed by atoms with Crippen LogP contribution < -0.4 is 4.74 Å². The molecule has 0 fully saturated rings. The van der Waals surface area contributed by atoms with Crippen LogP contribution >= 0.6 is 45.2 Å². The van der Waals surface area contributed by atoms with E-state index in [-0.39, 0.29) is 11.5 Å². The number of rotatable bonds is 3. The van der Waals surface area contributed by atoms with Crippen LogP contribution in [0.15, 0.2) is 30.3 Å². The van der Waals surface area contributed by atoms with Crippen LogP contribution in [0.1, 0.15) is 17.3 Å². The van der Waals surface area contributed by atoms with Crippen LogP contribution in [0, 0.1) is 18.8 Å². The summed E-state index contributed by atoms with van der Waals surface area (Å²) in [5.41, 5.74) is 0.580. The molecule has 104 valence electrons. The van der Waals surface area contributed by atoms with Crippen molar-refractivity contribution in [3.63, 3.8) is 0 Å². The van der Waals surface area contributed by atoms with E-state index in [0.717, 1.165) is 19.3 Å². The monoisotopic (exact) mass is 500 g/mol. The van der Waals surface area contributed by atoms with Gasteiger partial charge in [0.25, 0.3) is 0 Å². The summed E-state index contributed by atoms with van der Waals surface area (Å²) in [7, 11) is 0. The van der Waals surface area contributed by atoms with Gasteiger partial charge in [0.2, 0.25) is 0 Å². The van der Waals surface area contributed by atoms with Crippen LogP contribution in [0.25, 0.3) is 0 Å². The van der Waals surface area contributed by atoms with Gasteiger partial charge in [-0.05, 0) is 76.4 Å². The minimum Gasteiger partial charge on any atom is -0.455 e. The average molecular weight is 500 g/mol. The molecule has 0 bridgehead atoms. The van der Waals surface area contributed by atoms with Gasteiger partial charge in [-0.25, -0.2) is 8.78 Å². The predicted molar refractivity (Wildman–Crippen MR) is 88.3 cm³/mol. The Morgan fingerprint density at radius 3 is 2.15 bits per heavy atom. The van der Waals surface area contributed by atoms with Gasteiger partial charge in [-0.2, -0.15) is 0 Å². The smallest absolute Gasteiger partial charge is 0.162 e. The molecule has 2 rings (SSSR count). The first-order valence-corrected chi connectivity index (χ1v) is 7.67. The van der Waals surface area contributed by atoms with Crippen LogP contribution in [0.3, 0.4) is 0 Å². The maximum atomic E-state index is 13.1. The molecule has 0 N–H and O–H groups in total. The summed E-state index contributed by atoms with van der Waals surface area (Å²) in [6.45, 7) is 1.48. The second-order valence-corrected chi connectivity index (χ2v) is 6.33. The van der Waals surface area contributed by atoms with Crippen molar-refractivity contribution in [2.75, 3.05) is 0 Å². The van der Waals surface area contributed by atoms with Crippen LogP contribution in [-0.4, -0.2) is 5.78 Å². The summed E-state index contributed by atoms with van der Waals surface area (Å²) in [5, 5.41) is 0. The molecule has 0 atom stereocenters. The van der Waals surface area contributed by atoms with E-state index in [1.807, 2.05) is 45.2 Å². The Balaban J connectivity index is 2.38. The maximum absolute atomic E-state index is 13.1. The predicted octanol–water partition coefficient (Wildman–Crippen LogP) is 5.17. The maximum Gasteiger partial charge on any atom is 0.162 e. The molecule has 0 radical (unpaired) electrons. The summed E-state index contributed by atoms with van der Waals surface area (Å²) in [5.74, 6) is -1.21. The lowest BCUT2D eigenvalue weighted by Gasteiger charge is -2.11. The third-order valence-electron chi connectivity index (χ3n) is 2.52. The lowest BCUT2D eigenvalue weighted by atomic mass is 10.1. The molecule has 0 aliphatic rings. The first-order chi connectivity index (χ1) is 9.38. The third kappa shape index (κ3) is 3.46. The lowest BCUT2D eigenvalue weighted by Crippen LogP contribution is -1.98. The molecular weight excluding hydrogens is 492 g/mol. The molecule has 6 heteroatoms. The number of carbonyl (C=O) groups is 1. The summed E-state index contributed by atoms with van der Waals surface area (Å²) in [6.07, 6.45) is 0. The van der Waals surface area contributed by atoms with Crippen LogP contribution in [0.2, 0.25) is 0 Å². The summed E-state index contributed by atoms with van der Waals surface area (Å²) in [4.78, 5) is 11.4. The molecule has 0 heterocycles. The van der Waals surface area contributed by atoms with Crippen LogP contribution in [-0.2, 0) is 0 Å². The van der Waals surface area contributed by atoms with Gasteiger partial charge in [0.15, 0.2) is 23.2 Å². The highest BCUT2D eigenvalue weighted by Gasteiger charge is 2.13. The van der Waals surface area contributed by atoms with Crippen molar-refractivity contribution >= 4 is 51.0 Å². The van der Waals surface area contributed by atoms with Gasteiger partial charge in [-0.15, -0.1) is 0 Å². The van der Waals surface area contributed by atoms with E-state index >= 15 is 0 Å². The number of Topliss-reactive ketones (excluding diaryl/α,β-unsaturated/α-hetero) is 1. The zero-order chi connectivity index (χ0) is 14.9. The number of carbonyl (C=O) groups excluding carboxylic acids is 1. The molecule has 0 aliphatic heterocycles. The second kappa shape index (κ2) is 6.33. The highest BCUT2D eigenvalue weighted by Crippen LogP contribution is 2.33. The summed E-state index contributed by atoms with van der Waals surface area (Å²) >= 11 is 4.07. The highest BCUT2D eigenvalue weighted by molar-refractivity contribution is 14.1. The topological polar surface area (TPSA) is 26.3 Å². The standard InChI is InChI=1S/C14H8F2I2O2/c1-7(19)8-4-12(17)14(13(18)5-8)20-9-2-3-10(15)11(16)6-9/h2-6H,1H3. The molecule has 0 amide bonds. The molecule has 20 heavy (non-hydrogen) atoms. The van der Waals surface area contributed by atoms with Crippen molar-refractivity contribution in [2.24, 2.45) is 0 Å². The molecule has 0 saturated carbocycles. The Morgan fingerprint density at radius 1 is 1.05 bits per heavy atom. The molecule has 2 aromatic rings. The van der Waals surface area contributed by atoms with Gasteiger partial charge < -0.3 is 4.74 Å². The van der Waals surface area contributed by atoms with Gasteiger partial charge in [-0.1, -0.05) is 0 Å². The van der Waals surface area contributed by atoms with Gasteiger partial charge in [0, 0.05) is 11.6 Å². The first-order valence-electron chi connectivity index (χ1n) is 5.51. The van der Waals surface area contributed by atoms with Gasteiger partial charge >= 0.3 is 0 Å². The van der Waals surface area contributed by atoms with E-state index < -0.39 is 11.6 Å². The van der Waals surface area contributed by atoms with Gasteiger partial charge in [0.1, 0.15) is 5.75 Å². The van der Waals surface area contributed by atoms with Crippen molar-refractivity contribution in [2.45, 2.75) is 6.92 Å². The Morgan fingerprint density at radius 2 is 1.65 bits per heavy atom. The third-order valence-corrected chi connectivity index (χ3v) is 4.12. The summed E-state index contributed by atoms with van der Waals surface area (Å²) in [6, 6.07) is 6.73. The van der Waals surface area contributed by atoms with E-state index in [1.165, 1.54) is 13.0 Å². The second-order valence-electron chi connectivity index (χ2n) is 4.00. The average Bonchev–Trinajstić information content (AvgIpc) is 2.37. The molecule has 0 aromatic heterocycles. The number of ketones is 1. The van der Waals surface area contributed by atoms with E-state index in [0.29, 0.717) is 11.3 Å².